The van der Waals surface area contributed by atoms with Crippen molar-refractivity contribution in [3.8, 4) is 0 Å². The smallest absolute Gasteiger partial charge is 0.307 e. The van der Waals surface area contributed by atoms with Crippen molar-refractivity contribution < 1.29 is 23.9 Å². The van der Waals surface area contributed by atoms with Gasteiger partial charge in [0, 0.05) is 42.9 Å². The van der Waals surface area contributed by atoms with Gasteiger partial charge >= 0.3 is 11.9 Å². The fourth-order valence-corrected chi connectivity index (χ4v) is 5.36. The van der Waals surface area contributed by atoms with Crippen LogP contribution in [-0.2, 0) is 25.6 Å². The Morgan fingerprint density at radius 2 is 1.73 bits per heavy atom. The van der Waals surface area contributed by atoms with E-state index in [1.165, 1.54) is 0 Å². The van der Waals surface area contributed by atoms with Crippen LogP contribution in [0.4, 0.5) is 11.4 Å². The van der Waals surface area contributed by atoms with Crippen LogP contribution in [0.5, 0.6) is 0 Å². The number of carbonyl (C=O) groups is 3. The first-order chi connectivity index (χ1) is 17.8. The number of nitrogens with one attached hydrogen (secondary N) is 1. The topological polar surface area (TPSA) is 133 Å². The van der Waals surface area contributed by atoms with E-state index in [0.29, 0.717) is 23.7 Å². The molecule has 2 aliphatic heterocycles. The minimum absolute atomic E-state index is 0.0414. The van der Waals surface area contributed by atoms with Crippen LogP contribution >= 0.6 is 0 Å². The van der Waals surface area contributed by atoms with Gasteiger partial charge in [-0.3, -0.25) is 19.2 Å². The number of carbonyl (C=O) groups excluding carboxylic acids is 3. The van der Waals surface area contributed by atoms with E-state index in [0.717, 1.165) is 30.9 Å². The van der Waals surface area contributed by atoms with Crippen molar-refractivity contribution in [3.05, 3.63) is 58.0 Å². The quantitative estimate of drug-likeness (QED) is 0.387. The van der Waals surface area contributed by atoms with E-state index in [9.17, 15) is 19.2 Å². The van der Waals surface area contributed by atoms with E-state index in [1.807, 2.05) is 22.8 Å². The number of rotatable bonds is 9. The minimum Gasteiger partial charge on any atom is -0.466 e. The Kier molecular flexibility index (Phi) is 8.15. The SMILES string of the molecule is CCOC(=O)CC(CC(=O)OCC)NC(=O)c1ccc(N2CC3CC(C2)c2cccc(=O)n2C3)c(N)c1. The second-order valence-electron chi connectivity index (χ2n) is 9.57. The normalized spacial score (nSPS) is 18.2. The first-order valence-corrected chi connectivity index (χ1v) is 12.7. The monoisotopic (exact) mass is 510 g/mol. The van der Waals surface area contributed by atoms with Crippen LogP contribution in [0.3, 0.4) is 0 Å². The fourth-order valence-electron chi connectivity index (χ4n) is 5.36. The molecule has 37 heavy (non-hydrogen) atoms. The molecule has 1 fully saturated rings. The zero-order valence-corrected chi connectivity index (χ0v) is 21.3. The van der Waals surface area contributed by atoms with E-state index >= 15 is 0 Å². The van der Waals surface area contributed by atoms with Gasteiger partial charge in [-0.1, -0.05) is 6.07 Å². The van der Waals surface area contributed by atoms with Gasteiger partial charge in [-0.2, -0.15) is 0 Å². The summed E-state index contributed by atoms with van der Waals surface area (Å²) in [7, 11) is 0. The molecule has 2 atom stereocenters. The lowest BCUT2D eigenvalue weighted by atomic mass is 9.83. The van der Waals surface area contributed by atoms with Crippen molar-refractivity contribution in [2.75, 3.05) is 36.9 Å². The van der Waals surface area contributed by atoms with Gasteiger partial charge in [-0.25, -0.2) is 0 Å². The lowest BCUT2D eigenvalue weighted by Gasteiger charge is -2.44. The molecular weight excluding hydrogens is 476 g/mol. The Morgan fingerprint density at radius 1 is 1.03 bits per heavy atom. The number of hydrogen-bond donors (Lipinski definition) is 2. The molecule has 2 aromatic rings. The molecule has 1 aromatic heterocycles. The summed E-state index contributed by atoms with van der Waals surface area (Å²) in [6.45, 7) is 5.98. The van der Waals surface area contributed by atoms with Crippen LogP contribution in [-0.4, -0.2) is 54.8 Å². The summed E-state index contributed by atoms with van der Waals surface area (Å²) in [5.74, 6) is -0.894. The number of nitrogens with zero attached hydrogens (tertiary/aromatic N) is 2. The Balaban J connectivity index is 1.47. The van der Waals surface area contributed by atoms with Crippen molar-refractivity contribution in [2.45, 2.75) is 51.6 Å². The van der Waals surface area contributed by atoms with E-state index < -0.39 is 23.9 Å². The van der Waals surface area contributed by atoms with Gasteiger partial charge < -0.3 is 30.0 Å². The third-order valence-electron chi connectivity index (χ3n) is 6.88. The highest BCUT2D eigenvalue weighted by molar-refractivity contribution is 5.97. The van der Waals surface area contributed by atoms with Crippen molar-refractivity contribution in [2.24, 2.45) is 5.92 Å². The first kappa shape index (κ1) is 26.2. The van der Waals surface area contributed by atoms with Crippen LogP contribution < -0.4 is 21.5 Å². The Bertz CT molecular complexity index is 1210. The summed E-state index contributed by atoms with van der Waals surface area (Å²) in [4.78, 5) is 51.5. The summed E-state index contributed by atoms with van der Waals surface area (Å²) in [6.07, 6.45) is 0.739. The number of ether oxygens (including phenoxy) is 2. The Morgan fingerprint density at radius 3 is 2.38 bits per heavy atom. The lowest BCUT2D eigenvalue weighted by Crippen LogP contribution is -2.47. The number of benzene rings is 1. The molecular formula is C27H34N4O6. The van der Waals surface area contributed by atoms with E-state index in [-0.39, 0.29) is 37.5 Å². The summed E-state index contributed by atoms with van der Waals surface area (Å²) < 4.78 is 11.8. The molecule has 2 unspecified atom stereocenters. The molecule has 10 nitrogen and oxygen atoms in total. The van der Waals surface area contributed by atoms with E-state index in [4.69, 9.17) is 15.2 Å². The molecule has 0 radical (unpaired) electrons. The van der Waals surface area contributed by atoms with Gasteiger partial charge in [0.15, 0.2) is 0 Å². The zero-order chi connectivity index (χ0) is 26.5. The number of aromatic nitrogens is 1. The highest BCUT2D eigenvalue weighted by Gasteiger charge is 2.35. The fraction of sp³-hybridized carbons (Fsp3) is 0.481. The van der Waals surface area contributed by atoms with Crippen molar-refractivity contribution in [1.82, 2.24) is 9.88 Å². The van der Waals surface area contributed by atoms with Crippen LogP contribution in [0.25, 0.3) is 0 Å². The largest absolute Gasteiger partial charge is 0.466 e. The second kappa shape index (κ2) is 11.5. The number of nitrogens with two attached hydrogens (primary N) is 1. The standard InChI is InChI=1S/C27H34N4O6/c1-3-36-25(33)12-20(13-26(34)37-4-2)29-27(35)18-8-9-23(21(28)11-18)30-14-17-10-19(16-30)22-6-5-7-24(32)31(22)15-17/h5-9,11,17,19-20H,3-4,10,12-16,28H2,1-2H3,(H,29,35). The molecule has 2 bridgehead atoms. The zero-order valence-electron chi connectivity index (χ0n) is 21.3. The molecule has 4 rings (SSSR count). The van der Waals surface area contributed by atoms with Crippen molar-refractivity contribution in [3.63, 3.8) is 0 Å². The van der Waals surface area contributed by atoms with Gasteiger partial charge in [0.1, 0.15) is 0 Å². The highest BCUT2D eigenvalue weighted by atomic mass is 16.5. The Hall–Kier alpha value is -3.82. The van der Waals surface area contributed by atoms with Crippen LogP contribution in [0.1, 0.15) is 55.1 Å². The molecule has 3 heterocycles. The van der Waals surface area contributed by atoms with Crippen LogP contribution in [0, 0.1) is 5.92 Å². The van der Waals surface area contributed by atoms with Crippen molar-refractivity contribution in [1.29, 1.82) is 0 Å². The van der Waals surface area contributed by atoms with Crippen LogP contribution in [0.2, 0.25) is 0 Å². The predicted molar refractivity (Wildman–Crippen MR) is 138 cm³/mol. The molecule has 0 aliphatic carbocycles. The molecule has 0 saturated carbocycles. The number of piperidine rings is 1. The maximum atomic E-state index is 13.0. The second-order valence-corrected chi connectivity index (χ2v) is 9.57. The van der Waals surface area contributed by atoms with Gasteiger partial charge in [-0.15, -0.1) is 0 Å². The average molecular weight is 511 g/mol. The molecule has 1 aromatic carbocycles. The lowest BCUT2D eigenvalue weighted by molar-refractivity contribution is -0.145. The molecule has 0 spiro atoms. The number of fused-ring (bicyclic) bond motifs is 4. The third kappa shape index (κ3) is 6.12. The number of nitrogen functional groups attached to an aromatic ring is 1. The number of hydrogen-bond acceptors (Lipinski definition) is 8. The van der Waals surface area contributed by atoms with Crippen molar-refractivity contribution >= 4 is 29.2 Å². The number of amides is 1. The highest BCUT2D eigenvalue weighted by Crippen LogP contribution is 2.38. The van der Waals surface area contributed by atoms with Gasteiger partial charge in [0.2, 0.25) is 0 Å². The van der Waals surface area contributed by atoms with E-state index in [2.05, 4.69) is 10.2 Å². The average Bonchev–Trinajstić information content (AvgIpc) is 2.84. The number of anilines is 2. The summed E-state index contributed by atoms with van der Waals surface area (Å²) in [5, 5.41) is 2.74. The van der Waals surface area contributed by atoms with E-state index in [1.54, 1.807) is 32.0 Å². The first-order valence-electron chi connectivity index (χ1n) is 12.7. The summed E-state index contributed by atoms with van der Waals surface area (Å²) in [5.41, 5.74) is 9.13. The summed E-state index contributed by atoms with van der Waals surface area (Å²) >= 11 is 0. The Labute approximate surface area is 215 Å². The predicted octanol–water partition coefficient (Wildman–Crippen LogP) is 2.06. The minimum atomic E-state index is -0.767. The molecule has 3 N–H and O–H groups in total. The molecule has 1 amide bonds. The number of pyridine rings is 1. The van der Waals surface area contributed by atoms with Gasteiger partial charge in [0.05, 0.1) is 43.5 Å². The van der Waals surface area contributed by atoms with Gasteiger partial charge in [0.25, 0.3) is 11.5 Å². The maximum absolute atomic E-state index is 13.0. The molecule has 198 valence electrons. The maximum Gasteiger partial charge on any atom is 0.307 e. The van der Waals surface area contributed by atoms with Crippen LogP contribution in [0.15, 0.2) is 41.2 Å². The molecule has 10 heteroatoms. The number of esters is 2. The van der Waals surface area contributed by atoms with Gasteiger partial charge in [-0.05, 0) is 50.5 Å². The molecule has 2 aliphatic rings. The third-order valence-corrected chi connectivity index (χ3v) is 6.88. The molecule has 1 saturated heterocycles. The summed E-state index contributed by atoms with van der Waals surface area (Å²) in [6, 6.07) is 9.80.